The molecule has 4 heteroatoms. The van der Waals surface area contributed by atoms with E-state index >= 15 is 0 Å². The van der Waals surface area contributed by atoms with Crippen molar-refractivity contribution in [2.24, 2.45) is 5.92 Å². The number of ether oxygens (including phenoxy) is 1. The Hall–Kier alpha value is -2.17. The van der Waals surface area contributed by atoms with Crippen LogP contribution in [0.25, 0.3) is 0 Å². The first-order valence-electron chi connectivity index (χ1n) is 11.8. The van der Waals surface area contributed by atoms with Gasteiger partial charge in [0.1, 0.15) is 11.2 Å². The van der Waals surface area contributed by atoms with Crippen molar-refractivity contribution in [3.8, 4) is 0 Å². The van der Waals surface area contributed by atoms with Gasteiger partial charge < -0.3 is 14.9 Å². The summed E-state index contributed by atoms with van der Waals surface area (Å²) in [5.41, 5.74) is -0.187. The highest BCUT2D eigenvalue weighted by molar-refractivity contribution is 5.79. The lowest BCUT2D eigenvalue weighted by molar-refractivity contribution is -0.167. The molecule has 0 heterocycles. The highest BCUT2D eigenvalue weighted by Crippen LogP contribution is 2.59. The van der Waals surface area contributed by atoms with Gasteiger partial charge in [-0.3, -0.25) is 4.79 Å². The molecule has 2 aromatic rings. The van der Waals surface area contributed by atoms with E-state index in [1.807, 2.05) is 48.5 Å². The van der Waals surface area contributed by atoms with E-state index in [4.69, 9.17) is 4.74 Å². The fourth-order valence-electron chi connectivity index (χ4n) is 5.44. The molecule has 3 aliphatic rings. The normalized spacial score (nSPS) is 25.7. The van der Waals surface area contributed by atoms with E-state index < -0.39 is 23.1 Å². The maximum Gasteiger partial charge on any atom is 0.312 e. The number of esters is 1. The molecule has 0 aliphatic heterocycles. The predicted molar refractivity (Wildman–Crippen MR) is 121 cm³/mol. The molecule has 0 fully saturated rings. The van der Waals surface area contributed by atoms with Gasteiger partial charge in [0.2, 0.25) is 0 Å². The molecule has 4 nitrogen and oxygen atoms in total. The van der Waals surface area contributed by atoms with Crippen LogP contribution in [0.4, 0.5) is 0 Å². The van der Waals surface area contributed by atoms with E-state index in [0.29, 0.717) is 28.9 Å². The fraction of sp³-hybridized carbons (Fsp3) is 0.519. The molecule has 1 atom stereocenters. The van der Waals surface area contributed by atoms with Gasteiger partial charge in [-0.05, 0) is 28.7 Å². The Morgan fingerprint density at radius 2 is 1.32 bits per heavy atom. The first-order valence-corrected chi connectivity index (χ1v) is 11.8. The van der Waals surface area contributed by atoms with Gasteiger partial charge >= 0.3 is 5.97 Å². The number of hydrogen-bond donors (Lipinski definition) is 2. The second kappa shape index (κ2) is 9.13. The first kappa shape index (κ1) is 22.0. The molecule has 2 bridgehead atoms. The van der Waals surface area contributed by atoms with Crippen LogP contribution >= 0.6 is 0 Å². The zero-order chi connectivity index (χ0) is 21.9. The molecular formula is C27H34O4. The number of unbranched alkanes of at least 4 members (excludes halogenated alkanes) is 7. The van der Waals surface area contributed by atoms with Gasteiger partial charge in [0.05, 0.1) is 12.5 Å². The standard InChI is InChI=1S/C27H34O4/c1-2-3-4-5-6-7-8-13-18-31-25(28)24-19-26(29)20-14-9-11-16-22(20)27(24,30)23-17-12-10-15-21(23)26/h9-12,14-17,24,29-30H,2-8,13,18-19H2,1H3. The third-order valence-electron chi connectivity index (χ3n) is 7.10. The molecule has 166 valence electrons. The number of carbonyl (C=O) groups excluding carboxylic acids is 1. The maximum absolute atomic E-state index is 13.1. The summed E-state index contributed by atoms with van der Waals surface area (Å²) in [4.78, 5) is 13.1. The number of benzene rings is 2. The van der Waals surface area contributed by atoms with E-state index in [9.17, 15) is 15.0 Å². The summed E-state index contributed by atoms with van der Waals surface area (Å²) in [5.74, 6) is -1.25. The lowest BCUT2D eigenvalue weighted by Crippen LogP contribution is -2.57. The molecule has 2 N–H and O–H groups in total. The lowest BCUT2D eigenvalue weighted by atomic mass is 9.54. The number of rotatable bonds is 10. The van der Waals surface area contributed by atoms with Crippen LogP contribution in [-0.2, 0) is 20.7 Å². The zero-order valence-electron chi connectivity index (χ0n) is 18.5. The van der Waals surface area contributed by atoms with Crippen molar-refractivity contribution in [3.63, 3.8) is 0 Å². The Morgan fingerprint density at radius 3 is 1.87 bits per heavy atom. The van der Waals surface area contributed by atoms with Crippen LogP contribution in [0, 0.1) is 5.92 Å². The van der Waals surface area contributed by atoms with Crippen molar-refractivity contribution in [1.82, 2.24) is 0 Å². The van der Waals surface area contributed by atoms with Gasteiger partial charge in [0, 0.05) is 6.42 Å². The SMILES string of the molecule is CCCCCCCCCCOC(=O)C1CC2(O)c3ccccc3C1(O)c1ccccc12. The van der Waals surface area contributed by atoms with Crippen molar-refractivity contribution in [3.05, 3.63) is 70.8 Å². The summed E-state index contributed by atoms with van der Waals surface area (Å²) in [6, 6.07) is 14.7. The number of hydrogen-bond acceptors (Lipinski definition) is 4. The molecule has 0 radical (unpaired) electrons. The van der Waals surface area contributed by atoms with Crippen LogP contribution in [-0.4, -0.2) is 22.8 Å². The van der Waals surface area contributed by atoms with Gasteiger partial charge in [-0.1, -0.05) is 100 Å². The monoisotopic (exact) mass is 422 g/mol. The largest absolute Gasteiger partial charge is 0.465 e. The fourth-order valence-corrected chi connectivity index (χ4v) is 5.44. The molecule has 0 aromatic heterocycles. The van der Waals surface area contributed by atoms with E-state index in [1.165, 1.54) is 32.1 Å². The molecular weight excluding hydrogens is 388 g/mol. The van der Waals surface area contributed by atoms with Crippen LogP contribution < -0.4 is 0 Å². The first-order chi connectivity index (χ1) is 15.0. The van der Waals surface area contributed by atoms with Crippen LogP contribution in [0.5, 0.6) is 0 Å². The van der Waals surface area contributed by atoms with Gasteiger partial charge in [0.25, 0.3) is 0 Å². The van der Waals surface area contributed by atoms with Crippen LogP contribution in [0.1, 0.15) is 87.0 Å². The van der Waals surface area contributed by atoms with E-state index in [-0.39, 0.29) is 6.42 Å². The summed E-state index contributed by atoms with van der Waals surface area (Å²) in [6.45, 7) is 2.58. The van der Waals surface area contributed by atoms with Gasteiger partial charge in [-0.2, -0.15) is 0 Å². The third-order valence-corrected chi connectivity index (χ3v) is 7.10. The Balaban J connectivity index is 1.43. The number of carbonyl (C=O) groups is 1. The van der Waals surface area contributed by atoms with Crippen molar-refractivity contribution in [2.75, 3.05) is 6.61 Å². The third kappa shape index (κ3) is 3.81. The molecule has 2 aromatic carbocycles. The van der Waals surface area contributed by atoms with Crippen molar-refractivity contribution in [2.45, 2.75) is 75.9 Å². The Morgan fingerprint density at radius 1 is 0.839 bits per heavy atom. The lowest BCUT2D eigenvalue weighted by Gasteiger charge is -2.53. The Labute approximate surface area is 185 Å². The van der Waals surface area contributed by atoms with Crippen molar-refractivity contribution >= 4 is 5.97 Å². The minimum Gasteiger partial charge on any atom is -0.465 e. The molecule has 0 saturated heterocycles. The molecule has 5 rings (SSSR count). The van der Waals surface area contributed by atoms with Gasteiger partial charge in [-0.25, -0.2) is 0 Å². The molecule has 3 aliphatic carbocycles. The average Bonchev–Trinajstić information content (AvgIpc) is 2.80. The highest BCUT2D eigenvalue weighted by Gasteiger charge is 2.62. The topological polar surface area (TPSA) is 66.8 Å². The van der Waals surface area contributed by atoms with E-state index in [0.717, 1.165) is 19.3 Å². The summed E-state index contributed by atoms with van der Waals surface area (Å²) in [6.07, 6.45) is 9.55. The van der Waals surface area contributed by atoms with E-state index in [2.05, 4.69) is 6.92 Å². The summed E-state index contributed by atoms with van der Waals surface area (Å²) in [5, 5.41) is 23.6. The smallest absolute Gasteiger partial charge is 0.312 e. The number of fused-ring (bicyclic) bond motifs is 1. The van der Waals surface area contributed by atoms with Crippen LogP contribution in [0.3, 0.4) is 0 Å². The molecule has 0 saturated carbocycles. The molecule has 0 spiro atoms. The van der Waals surface area contributed by atoms with Crippen molar-refractivity contribution < 1.29 is 19.7 Å². The Bertz CT molecular complexity index is 871. The minimum atomic E-state index is -1.48. The Kier molecular flexibility index (Phi) is 6.49. The van der Waals surface area contributed by atoms with Gasteiger partial charge in [-0.15, -0.1) is 0 Å². The summed E-state index contributed by atoms with van der Waals surface area (Å²) >= 11 is 0. The summed E-state index contributed by atoms with van der Waals surface area (Å²) in [7, 11) is 0. The van der Waals surface area contributed by atoms with Gasteiger partial charge in [0.15, 0.2) is 0 Å². The van der Waals surface area contributed by atoms with Crippen molar-refractivity contribution in [1.29, 1.82) is 0 Å². The second-order valence-corrected chi connectivity index (χ2v) is 9.12. The average molecular weight is 423 g/mol. The van der Waals surface area contributed by atoms with Crippen LogP contribution in [0.2, 0.25) is 0 Å². The second-order valence-electron chi connectivity index (χ2n) is 9.12. The molecule has 31 heavy (non-hydrogen) atoms. The maximum atomic E-state index is 13.1. The summed E-state index contributed by atoms with van der Waals surface area (Å²) < 4.78 is 5.61. The quantitative estimate of drug-likeness (QED) is 0.409. The van der Waals surface area contributed by atoms with Crippen LogP contribution in [0.15, 0.2) is 48.5 Å². The molecule has 1 unspecified atom stereocenters. The molecule has 0 amide bonds. The number of aliphatic hydroxyl groups is 2. The zero-order valence-corrected chi connectivity index (χ0v) is 18.5. The minimum absolute atomic E-state index is 0.133. The van der Waals surface area contributed by atoms with E-state index in [1.54, 1.807) is 0 Å². The predicted octanol–water partition coefficient (Wildman–Crippen LogP) is 5.18. The highest BCUT2D eigenvalue weighted by atomic mass is 16.5.